The summed E-state index contributed by atoms with van der Waals surface area (Å²) in [6.07, 6.45) is 3.16. The van der Waals surface area contributed by atoms with Gasteiger partial charge in [0.1, 0.15) is 0 Å². The first-order chi connectivity index (χ1) is 8.63. The van der Waals surface area contributed by atoms with Crippen LogP contribution < -0.4 is 0 Å². The molecule has 104 valence electrons. The standard InChI is InChI=1S/C16H23NO2/c1-15(2,3)13-11(14(18)19)9-10-7-6-8-16(4,5)12(10)17-13/h9H,6-8H2,1-5H3,(H,18,19). The van der Waals surface area contributed by atoms with E-state index >= 15 is 0 Å². The molecule has 1 N–H and O–H groups in total. The molecule has 3 heteroatoms. The first kappa shape index (κ1) is 14.0. The molecule has 0 saturated heterocycles. The number of pyridine rings is 1. The molecule has 0 amide bonds. The lowest BCUT2D eigenvalue weighted by Gasteiger charge is -2.33. The van der Waals surface area contributed by atoms with E-state index in [-0.39, 0.29) is 10.8 Å². The summed E-state index contributed by atoms with van der Waals surface area (Å²) in [5, 5.41) is 9.42. The van der Waals surface area contributed by atoms with E-state index in [1.54, 1.807) is 0 Å². The van der Waals surface area contributed by atoms with Crippen LogP contribution >= 0.6 is 0 Å². The van der Waals surface area contributed by atoms with Crippen molar-refractivity contribution in [2.24, 2.45) is 0 Å². The number of carbonyl (C=O) groups is 1. The molecule has 1 aliphatic carbocycles. The summed E-state index contributed by atoms with van der Waals surface area (Å²) in [5.41, 5.74) is 3.06. The molecule has 0 spiro atoms. The van der Waals surface area contributed by atoms with Crippen molar-refractivity contribution in [3.63, 3.8) is 0 Å². The van der Waals surface area contributed by atoms with Crippen molar-refractivity contribution in [1.29, 1.82) is 0 Å². The summed E-state index contributed by atoms with van der Waals surface area (Å²) in [7, 11) is 0. The number of carboxylic acid groups (broad SMARTS) is 1. The van der Waals surface area contributed by atoms with Crippen LogP contribution in [0.1, 0.15) is 74.8 Å². The molecular formula is C16H23NO2. The lowest BCUT2D eigenvalue weighted by molar-refractivity contribution is 0.0693. The van der Waals surface area contributed by atoms with E-state index in [2.05, 4.69) is 13.8 Å². The van der Waals surface area contributed by atoms with Gasteiger partial charge in [-0.15, -0.1) is 0 Å². The van der Waals surface area contributed by atoms with E-state index in [0.29, 0.717) is 11.3 Å². The second-order valence-electron chi connectivity index (χ2n) is 7.18. The van der Waals surface area contributed by atoms with Crippen molar-refractivity contribution in [2.75, 3.05) is 0 Å². The van der Waals surface area contributed by atoms with Crippen LogP contribution in [0.2, 0.25) is 0 Å². The Kier molecular flexibility index (Phi) is 3.20. The van der Waals surface area contributed by atoms with Crippen LogP contribution in [-0.4, -0.2) is 16.1 Å². The Hall–Kier alpha value is -1.38. The normalized spacial score (nSPS) is 17.9. The van der Waals surface area contributed by atoms with Crippen LogP contribution in [0.3, 0.4) is 0 Å². The fraction of sp³-hybridized carbons (Fsp3) is 0.625. The summed E-state index contributed by atoms with van der Waals surface area (Å²) in [6, 6.07) is 1.85. The monoisotopic (exact) mass is 261 g/mol. The van der Waals surface area contributed by atoms with Crippen molar-refractivity contribution in [3.05, 3.63) is 28.6 Å². The molecule has 1 heterocycles. The van der Waals surface area contributed by atoms with Crippen LogP contribution in [0.25, 0.3) is 0 Å². The van der Waals surface area contributed by atoms with E-state index in [1.165, 1.54) is 0 Å². The van der Waals surface area contributed by atoms with E-state index in [9.17, 15) is 9.90 Å². The van der Waals surface area contributed by atoms with Crippen molar-refractivity contribution in [2.45, 2.75) is 64.7 Å². The van der Waals surface area contributed by atoms with Crippen LogP contribution in [0.15, 0.2) is 6.07 Å². The Morgan fingerprint density at radius 3 is 2.53 bits per heavy atom. The number of hydrogen-bond donors (Lipinski definition) is 1. The summed E-state index contributed by atoms with van der Waals surface area (Å²) in [5.74, 6) is -0.872. The molecule has 0 aromatic carbocycles. The molecule has 19 heavy (non-hydrogen) atoms. The molecule has 1 aliphatic rings. The summed E-state index contributed by atoms with van der Waals surface area (Å²) < 4.78 is 0. The van der Waals surface area contributed by atoms with Crippen LogP contribution in [0, 0.1) is 0 Å². The van der Waals surface area contributed by atoms with E-state index in [4.69, 9.17) is 4.98 Å². The zero-order valence-corrected chi connectivity index (χ0v) is 12.5. The van der Waals surface area contributed by atoms with Gasteiger partial charge in [-0.3, -0.25) is 4.98 Å². The van der Waals surface area contributed by atoms with Crippen molar-refractivity contribution < 1.29 is 9.90 Å². The van der Waals surface area contributed by atoms with Crippen molar-refractivity contribution in [1.82, 2.24) is 4.98 Å². The molecule has 1 aromatic rings. The Morgan fingerprint density at radius 1 is 1.37 bits per heavy atom. The summed E-state index contributed by atoms with van der Waals surface area (Å²) in [6.45, 7) is 10.5. The quantitative estimate of drug-likeness (QED) is 0.838. The van der Waals surface area contributed by atoms with Gasteiger partial charge in [-0.05, 0) is 30.9 Å². The van der Waals surface area contributed by atoms with Crippen LogP contribution in [-0.2, 0) is 17.3 Å². The van der Waals surface area contributed by atoms with Gasteiger partial charge in [0.05, 0.1) is 11.3 Å². The maximum atomic E-state index is 11.5. The number of aryl methyl sites for hydroxylation is 1. The van der Waals surface area contributed by atoms with Crippen LogP contribution in [0.4, 0.5) is 0 Å². The van der Waals surface area contributed by atoms with Gasteiger partial charge in [0.15, 0.2) is 0 Å². The van der Waals surface area contributed by atoms with Crippen molar-refractivity contribution >= 4 is 5.97 Å². The highest BCUT2D eigenvalue weighted by Gasteiger charge is 2.33. The average Bonchev–Trinajstić information content (AvgIpc) is 2.25. The van der Waals surface area contributed by atoms with E-state index in [0.717, 1.165) is 30.5 Å². The Balaban J connectivity index is 2.71. The minimum absolute atomic E-state index is 0.0462. The highest BCUT2D eigenvalue weighted by Crippen LogP contribution is 2.38. The number of nitrogens with zero attached hydrogens (tertiary/aromatic N) is 1. The Morgan fingerprint density at radius 2 is 2.00 bits per heavy atom. The largest absolute Gasteiger partial charge is 0.478 e. The van der Waals surface area contributed by atoms with Crippen LogP contribution in [0.5, 0.6) is 0 Å². The van der Waals surface area contributed by atoms with E-state index in [1.807, 2.05) is 26.8 Å². The second kappa shape index (κ2) is 4.32. The maximum Gasteiger partial charge on any atom is 0.337 e. The number of fused-ring (bicyclic) bond motifs is 1. The fourth-order valence-electron chi connectivity index (χ4n) is 2.91. The lowest BCUT2D eigenvalue weighted by Crippen LogP contribution is -2.29. The first-order valence-corrected chi connectivity index (χ1v) is 6.91. The first-order valence-electron chi connectivity index (χ1n) is 6.91. The predicted octanol–water partition coefficient (Wildman–Crippen LogP) is 3.69. The second-order valence-corrected chi connectivity index (χ2v) is 7.18. The number of rotatable bonds is 1. The van der Waals surface area contributed by atoms with Gasteiger partial charge in [-0.2, -0.15) is 0 Å². The maximum absolute atomic E-state index is 11.5. The molecule has 0 atom stereocenters. The minimum atomic E-state index is -0.872. The van der Waals surface area contributed by atoms with Crippen molar-refractivity contribution in [3.8, 4) is 0 Å². The molecule has 3 nitrogen and oxygen atoms in total. The Labute approximate surface area is 115 Å². The number of hydrogen-bond acceptors (Lipinski definition) is 2. The average molecular weight is 261 g/mol. The van der Waals surface area contributed by atoms with Gasteiger partial charge < -0.3 is 5.11 Å². The molecule has 1 aromatic heterocycles. The molecule has 0 saturated carbocycles. The summed E-state index contributed by atoms with van der Waals surface area (Å²) >= 11 is 0. The molecule has 0 fully saturated rings. The van der Waals surface area contributed by atoms with Gasteiger partial charge in [-0.25, -0.2) is 4.79 Å². The van der Waals surface area contributed by atoms with E-state index < -0.39 is 5.97 Å². The molecule has 0 bridgehead atoms. The van der Waals surface area contributed by atoms with Gasteiger partial charge in [0.2, 0.25) is 0 Å². The summed E-state index contributed by atoms with van der Waals surface area (Å²) in [4.78, 5) is 16.3. The van der Waals surface area contributed by atoms with Gasteiger partial charge in [-0.1, -0.05) is 34.6 Å². The molecule has 0 aliphatic heterocycles. The topological polar surface area (TPSA) is 50.2 Å². The zero-order chi connectivity index (χ0) is 14.4. The highest BCUT2D eigenvalue weighted by atomic mass is 16.4. The lowest BCUT2D eigenvalue weighted by atomic mass is 9.74. The molecule has 2 rings (SSSR count). The molecule has 0 radical (unpaired) electrons. The Bertz CT molecular complexity index is 524. The minimum Gasteiger partial charge on any atom is -0.478 e. The van der Waals surface area contributed by atoms with Gasteiger partial charge in [0, 0.05) is 16.5 Å². The fourth-order valence-corrected chi connectivity index (χ4v) is 2.91. The third-order valence-corrected chi connectivity index (χ3v) is 3.93. The SMILES string of the molecule is CC(C)(C)c1nc2c(cc1C(=O)O)CCCC2(C)C. The zero-order valence-electron chi connectivity index (χ0n) is 12.5. The predicted molar refractivity (Wildman–Crippen MR) is 75.9 cm³/mol. The van der Waals surface area contributed by atoms with Gasteiger partial charge >= 0.3 is 5.97 Å². The highest BCUT2D eigenvalue weighted by molar-refractivity contribution is 5.89. The molecular weight excluding hydrogens is 238 g/mol. The smallest absolute Gasteiger partial charge is 0.337 e. The number of carboxylic acids is 1. The third kappa shape index (κ3) is 2.51. The number of aromatic nitrogens is 1. The number of aromatic carboxylic acids is 1. The molecule has 0 unspecified atom stereocenters. The third-order valence-electron chi connectivity index (χ3n) is 3.93. The van der Waals surface area contributed by atoms with Gasteiger partial charge in [0.25, 0.3) is 0 Å².